The molecule has 0 atom stereocenters. The zero-order valence-corrected chi connectivity index (χ0v) is 6.34. The van der Waals surface area contributed by atoms with Gasteiger partial charge in [0.2, 0.25) is 0 Å². The van der Waals surface area contributed by atoms with E-state index in [4.69, 9.17) is 0 Å². The van der Waals surface area contributed by atoms with E-state index in [1.807, 2.05) is 0 Å². The van der Waals surface area contributed by atoms with Crippen LogP contribution in [0.1, 0.15) is 13.8 Å². The van der Waals surface area contributed by atoms with Gasteiger partial charge in [-0.15, -0.1) is 0 Å². The molecule has 0 aromatic carbocycles. The van der Waals surface area contributed by atoms with E-state index in [1.165, 1.54) is 0 Å². The van der Waals surface area contributed by atoms with Gasteiger partial charge < -0.3 is 9.03 Å². The highest BCUT2D eigenvalue weighted by molar-refractivity contribution is 6.35. The smallest absolute Gasteiger partial charge is 0.435 e. The molecule has 0 saturated carbocycles. The zero-order valence-electron chi connectivity index (χ0n) is 5.59. The van der Waals surface area contributed by atoms with Crippen molar-refractivity contribution in [2.24, 2.45) is 0 Å². The van der Waals surface area contributed by atoms with Crippen LogP contribution in [0.4, 0.5) is 0 Å². The van der Waals surface area contributed by atoms with Gasteiger partial charge >= 0.3 is 11.9 Å². The lowest BCUT2D eigenvalue weighted by Gasteiger charge is -2.03. The van der Waals surface area contributed by atoms with Gasteiger partial charge in [-0.3, -0.25) is 0 Å². The maximum atomic E-state index is 10.4. The van der Waals surface area contributed by atoms with Crippen LogP contribution in [-0.4, -0.2) is 18.0 Å². The Morgan fingerprint density at radius 3 is 2.10 bits per heavy atom. The molecule has 58 valence electrons. The van der Waals surface area contributed by atoms with Crippen molar-refractivity contribution in [1.29, 1.82) is 0 Å². The van der Waals surface area contributed by atoms with Crippen molar-refractivity contribution in [3.8, 4) is 0 Å². The van der Waals surface area contributed by atoms with Crippen molar-refractivity contribution in [1.82, 2.24) is 0 Å². The minimum Gasteiger partial charge on any atom is -0.455 e. The summed E-state index contributed by atoms with van der Waals surface area (Å²) in [7, 11) is 0. The van der Waals surface area contributed by atoms with Crippen LogP contribution in [0.3, 0.4) is 0 Å². The Bertz CT molecular complexity index is 143. The summed E-state index contributed by atoms with van der Waals surface area (Å²) in [6.07, 6.45) is -0.344. The molecular weight excluding hydrogens is 160 g/mol. The van der Waals surface area contributed by atoms with Gasteiger partial charge in [-0.1, -0.05) is 0 Å². The largest absolute Gasteiger partial charge is 0.455 e. The van der Waals surface area contributed by atoms with Gasteiger partial charge in [0.15, 0.2) is 0 Å². The number of hydrogen-bond donors (Lipinski definition) is 0. The predicted molar refractivity (Wildman–Crippen MR) is 33.2 cm³/mol. The van der Waals surface area contributed by atoms with Crippen molar-refractivity contribution in [3.63, 3.8) is 0 Å². The molecule has 0 bridgehead atoms. The van der Waals surface area contributed by atoms with E-state index in [1.54, 1.807) is 13.8 Å². The molecule has 5 heteroatoms. The monoisotopic (exact) mass is 166 g/mol. The molecule has 0 aromatic rings. The molecule has 0 spiro atoms. The number of carbonyl (C=O) groups excluding carboxylic acids is 2. The molecule has 0 rings (SSSR count). The van der Waals surface area contributed by atoms with Crippen molar-refractivity contribution >= 4 is 23.8 Å². The molecule has 0 radical (unpaired) electrons. The molecule has 0 aliphatic heterocycles. The molecule has 0 fully saturated rings. The normalized spacial score (nSPS) is 9.20. The van der Waals surface area contributed by atoms with Crippen LogP contribution >= 0.6 is 11.9 Å². The third-order valence-electron chi connectivity index (χ3n) is 0.579. The molecule has 0 N–H and O–H groups in total. The summed E-state index contributed by atoms with van der Waals surface area (Å²) >= 11 is 4.58. The Hall–Kier alpha value is -0.770. The first-order valence-electron chi connectivity index (χ1n) is 2.61. The molecule has 0 heterocycles. The quantitative estimate of drug-likeness (QED) is 0.424. The first-order valence-corrected chi connectivity index (χ1v) is 2.92. The minimum absolute atomic E-state index is 0.344. The predicted octanol–water partition coefficient (Wildman–Crippen LogP) is 0.635. The lowest BCUT2D eigenvalue weighted by atomic mass is 10.5. The molecule has 0 aromatic heterocycles. The number of rotatable bonds is 1. The number of esters is 1. The van der Waals surface area contributed by atoms with Crippen LogP contribution in [0.15, 0.2) is 0 Å². The Kier molecular flexibility index (Phi) is 3.79. The highest BCUT2D eigenvalue weighted by Crippen LogP contribution is 1.92. The molecule has 0 amide bonds. The van der Waals surface area contributed by atoms with Crippen LogP contribution in [0, 0.1) is 0 Å². The van der Waals surface area contributed by atoms with Crippen molar-refractivity contribution in [2.75, 3.05) is 0 Å². The first kappa shape index (κ1) is 9.23. The molecule has 0 aliphatic rings. The average Bonchev–Trinajstić information content (AvgIpc) is 1.85. The summed E-state index contributed by atoms with van der Waals surface area (Å²) in [6, 6.07) is 0. The van der Waals surface area contributed by atoms with Crippen LogP contribution < -0.4 is 0 Å². The third-order valence-corrected chi connectivity index (χ3v) is 0.720. The molecule has 0 saturated heterocycles. The fraction of sp³-hybridized carbons (Fsp3) is 0.600. The summed E-state index contributed by atoms with van der Waals surface area (Å²) < 4.78 is 7.98. The number of hydrogen-bond acceptors (Lipinski definition) is 4. The van der Waals surface area contributed by atoms with Crippen LogP contribution in [0.25, 0.3) is 0 Å². The molecule has 0 aliphatic carbocycles. The fourth-order valence-electron chi connectivity index (χ4n) is 0.294. The lowest BCUT2D eigenvalue weighted by Crippen LogP contribution is -2.20. The van der Waals surface area contributed by atoms with Gasteiger partial charge in [-0.05, 0) is 13.8 Å². The Morgan fingerprint density at radius 1 is 1.30 bits per heavy atom. The average molecular weight is 167 g/mol. The fourth-order valence-corrected chi connectivity index (χ4v) is 0.357. The second-order valence-corrected chi connectivity index (χ2v) is 1.97. The van der Waals surface area contributed by atoms with Crippen molar-refractivity contribution in [2.45, 2.75) is 20.0 Å². The topological polar surface area (TPSA) is 52.6 Å². The van der Waals surface area contributed by atoms with E-state index in [0.29, 0.717) is 0 Å². The molecular formula is C5H7ClO4. The second-order valence-electron chi connectivity index (χ2n) is 1.82. The summed E-state index contributed by atoms with van der Waals surface area (Å²) in [4.78, 5) is 20.6. The van der Waals surface area contributed by atoms with Crippen molar-refractivity contribution in [3.05, 3.63) is 0 Å². The van der Waals surface area contributed by atoms with Gasteiger partial charge in [0.25, 0.3) is 0 Å². The molecule has 0 unspecified atom stereocenters. The van der Waals surface area contributed by atoms with E-state index < -0.39 is 11.9 Å². The third kappa shape index (κ3) is 3.29. The number of carbonyl (C=O) groups is 2. The molecule has 4 nitrogen and oxygen atoms in total. The summed E-state index contributed by atoms with van der Waals surface area (Å²) in [6.45, 7) is 3.22. The zero-order chi connectivity index (χ0) is 8.15. The Labute approximate surface area is 63.2 Å². The maximum Gasteiger partial charge on any atom is 0.435 e. The van der Waals surface area contributed by atoms with Gasteiger partial charge in [-0.25, -0.2) is 9.59 Å². The van der Waals surface area contributed by atoms with Crippen LogP contribution in [-0.2, 0) is 18.6 Å². The van der Waals surface area contributed by atoms with Crippen molar-refractivity contribution < 1.29 is 18.6 Å². The summed E-state index contributed by atoms with van der Waals surface area (Å²) in [5.41, 5.74) is 0. The highest BCUT2D eigenvalue weighted by atomic mass is 35.5. The van der Waals surface area contributed by atoms with E-state index >= 15 is 0 Å². The Morgan fingerprint density at radius 2 is 1.80 bits per heavy atom. The van der Waals surface area contributed by atoms with E-state index in [0.717, 1.165) is 0 Å². The van der Waals surface area contributed by atoms with Gasteiger partial charge in [0, 0.05) is 0 Å². The SMILES string of the molecule is CC(C)OC(=O)C(=O)OCl. The van der Waals surface area contributed by atoms with Gasteiger partial charge in [0.05, 0.1) is 6.10 Å². The number of halogens is 1. The van der Waals surface area contributed by atoms with Gasteiger partial charge in [0.1, 0.15) is 11.9 Å². The first-order chi connectivity index (χ1) is 4.57. The Balaban J connectivity index is 3.74. The highest BCUT2D eigenvalue weighted by Gasteiger charge is 2.17. The summed E-state index contributed by atoms with van der Waals surface area (Å²) in [5, 5.41) is 0. The number of ether oxygens (including phenoxy) is 1. The maximum absolute atomic E-state index is 10.4. The van der Waals surface area contributed by atoms with E-state index in [-0.39, 0.29) is 6.10 Å². The van der Waals surface area contributed by atoms with Crippen LogP contribution in [0.5, 0.6) is 0 Å². The lowest BCUT2D eigenvalue weighted by molar-refractivity contribution is -0.164. The summed E-state index contributed by atoms with van der Waals surface area (Å²) in [5.74, 6) is -2.28. The molecule has 10 heavy (non-hydrogen) atoms. The van der Waals surface area contributed by atoms with E-state index in [2.05, 4.69) is 20.9 Å². The minimum atomic E-state index is -1.20. The van der Waals surface area contributed by atoms with E-state index in [9.17, 15) is 9.59 Å². The standard InChI is InChI=1S/C5H7ClO4/c1-3(2)9-4(7)5(8)10-6/h3H,1-2H3. The van der Waals surface area contributed by atoms with Crippen LogP contribution in [0.2, 0.25) is 0 Å². The second kappa shape index (κ2) is 4.11. The van der Waals surface area contributed by atoms with Gasteiger partial charge in [-0.2, -0.15) is 0 Å².